The van der Waals surface area contributed by atoms with Crippen molar-refractivity contribution >= 4 is 11.8 Å². The number of benzene rings is 1. The second-order valence-corrected chi connectivity index (χ2v) is 5.46. The highest BCUT2D eigenvalue weighted by atomic mass is 32.2. The van der Waals surface area contributed by atoms with E-state index in [1.165, 1.54) is 12.8 Å². The molecule has 1 saturated carbocycles. The quantitative estimate of drug-likeness (QED) is 0.778. The van der Waals surface area contributed by atoms with Crippen LogP contribution in [0.2, 0.25) is 0 Å². The molecular weight excluding hydrogens is 256 g/mol. The topological polar surface area (TPSA) is 35.0 Å². The van der Waals surface area contributed by atoms with Crippen molar-refractivity contribution in [3.63, 3.8) is 0 Å². The summed E-state index contributed by atoms with van der Waals surface area (Å²) in [5.74, 6) is 1.33. The lowest BCUT2D eigenvalue weighted by Gasteiger charge is -2.11. The molecule has 0 saturated heterocycles. The Morgan fingerprint density at radius 3 is 2.68 bits per heavy atom. The van der Waals surface area contributed by atoms with E-state index in [0.717, 1.165) is 16.2 Å². The summed E-state index contributed by atoms with van der Waals surface area (Å²) in [7, 11) is 0. The molecule has 0 aliphatic heterocycles. The van der Waals surface area contributed by atoms with E-state index in [2.05, 4.69) is 28.4 Å². The van der Waals surface area contributed by atoms with Gasteiger partial charge in [0.25, 0.3) is 0 Å². The Balaban J connectivity index is 1.78. The number of hydrogen-bond acceptors (Lipinski definition) is 4. The average Bonchev–Trinajstić information content (AvgIpc) is 3.30. The van der Waals surface area contributed by atoms with E-state index in [-0.39, 0.29) is 0 Å². The Hall–Kier alpha value is -1.55. The van der Waals surface area contributed by atoms with Gasteiger partial charge in [-0.25, -0.2) is 9.97 Å². The zero-order valence-corrected chi connectivity index (χ0v) is 11.7. The monoisotopic (exact) mass is 272 g/mol. The predicted octanol–water partition coefficient (Wildman–Crippen LogP) is 3.65. The molecule has 98 valence electrons. The van der Waals surface area contributed by atoms with Crippen LogP contribution in [-0.2, 0) is 6.61 Å². The van der Waals surface area contributed by atoms with Gasteiger partial charge in [-0.05, 0) is 24.7 Å². The van der Waals surface area contributed by atoms with Crippen LogP contribution in [0.5, 0.6) is 5.88 Å². The summed E-state index contributed by atoms with van der Waals surface area (Å²) in [6.07, 6.45) is 6.15. The first-order valence-electron chi connectivity index (χ1n) is 6.44. The number of rotatable bonds is 5. The van der Waals surface area contributed by atoms with Gasteiger partial charge in [-0.3, -0.25) is 0 Å². The third kappa shape index (κ3) is 2.89. The van der Waals surface area contributed by atoms with E-state index in [9.17, 15) is 0 Å². The Labute approximate surface area is 117 Å². The molecule has 2 aromatic rings. The van der Waals surface area contributed by atoms with Gasteiger partial charge in [0.1, 0.15) is 12.9 Å². The van der Waals surface area contributed by atoms with Crippen LogP contribution in [-0.4, -0.2) is 16.2 Å². The zero-order valence-electron chi connectivity index (χ0n) is 10.9. The lowest BCUT2D eigenvalue weighted by atomic mass is 10.2. The Morgan fingerprint density at radius 2 is 2.00 bits per heavy atom. The standard InChI is InChI=1S/C15H16N2OS/c1-19-14-13(12-7-8-12)16-10-17-15(14)18-9-11-5-3-2-4-6-11/h2-6,10,12H,7-9H2,1H3. The van der Waals surface area contributed by atoms with Crippen LogP contribution in [0.4, 0.5) is 0 Å². The average molecular weight is 272 g/mol. The van der Waals surface area contributed by atoms with E-state index < -0.39 is 0 Å². The Morgan fingerprint density at radius 1 is 1.21 bits per heavy atom. The van der Waals surface area contributed by atoms with Crippen LogP contribution >= 0.6 is 11.8 Å². The third-order valence-electron chi connectivity index (χ3n) is 3.19. The molecule has 19 heavy (non-hydrogen) atoms. The number of aromatic nitrogens is 2. The van der Waals surface area contributed by atoms with Gasteiger partial charge in [0.15, 0.2) is 0 Å². The fraction of sp³-hybridized carbons (Fsp3) is 0.333. The number of ether oxygens (including phenoxy) is 1. The molecule has 1 aliphatic carbocycles. The lowest BCUT2D eigenvalue weighted by molar-refractivity contribution is 0.284. The van der Waals surface area contributed by atoms with Crippen LogP contribution in [0.25, 0.3) is 0 Å². The summed E-state index contributed by atoms with van der Waals surface area (Å²) in [5, 5.41) is 0. The SMILES string of the molecule is CSc1c(OCc2ccccc2)ncnc1C1CC1. The van der Waals surface area contributed by atoms with Gasteiger partial charge in [-0.1, -0.05) is 30.3 Å². The minimum Gasteiger partial charge on any atom is -0.472 e. The zero-order chi connectivity index (χ0) is 13.1. The van der Waals surface area contributed by atoms with E-state index in [1.807, 2.05) is 18.2 Å². The molecule has 0 atom stereocenters. The second kappa shape index (κ2) is 5.61. The highest BCUT2D eigenvalue weighted by Crippen LogP contribution is 2.44. The lowest BCUT2D eigenvalue weighted by Crippen LogP contribution is -2.02. The van der Waals surface area contributed by atoms with E-state index in [0.29, 0.717) is 18.4 Å². The second-order valence-electron chi connectivity index (χ2n) is 4.65. The van der Waals surface area contributed by atoms with E-state index in [1.54, 1.807) is 18.1 Å². The van der Waals surface area contributed by atoms with Crippen molar-refractivity contribution in [2.75, 3.05) is 6.26 Å². The molecule has 1 aromatic carbocycles. The summed E-state index contributed by atoms with van der Waals surface area (Å²) in [4.78, 5) is 9.79. The molecule has 3 nitrogen and oxygen atoms in total. The number of thioether (sulfide) groups is 1. The van der Waals surface area contributed by atoms with Gasteiger partial charge in [0.05, 0.1) is 10.6 Å². The first kappa shape index (κ1) is 12.5. The van der Waals surface area contributed by atoms with Gasteiger partial charge in [0.2, 0.25) is 5.88 Å². The molecule has 0 N–H and O–H groups in total. The first-order chi connectivity index (χ1) is 9.38. The first-order valence-corrected chi connectivity index (χ1v) is 7.66. The van der Waals surface area contributed by atoms with Crippen molar-refractivity contribution in [2.45, 2.75) is 30.3 Å². The molecule has 1 aromatic heterocycles. The maximum Gasteiger partial charge on any atom is 0.231 e. The van der Waals surface area contributed by atoms with Crippen LogP contribution in [0, 0.1) is 0 Å². The molecule has 0 bridgehead atoms. The molecule has 0 amide bonds. The summed E-state index contributed by atoms with van der Waals surface area (Å²) in [6.45, 7) is 0.551. The summed E-state index contributed by atoms with van der Waals surface area (Å²) >= 11 is 1.68. The number of nitrogens with zero attached hydrogens (tertiary/aromatic N) is 2. The maximum absolute atomic E-state index is 5.86. The summed E-state index contributed by atoms with van der Waals surface area (Å²) in [5.41, 5.74) is 2.31. The van der Waals surface area contributed by atoms with Gasteiger partial charge >= 0.3 is 0 Å². The van der Waals surface area contributed by atoms with Crippen molar-refractivity contribution < 1.29 is 4.74 Å². The third-order valence-corrected chi connectivity index (χ3v) is 3.98. The highest BCUT2D eigenvalue weighted by Gasteiger charge is 2.29. The normalized spacial score (nSPS) is 14.4. The minimum absolute atomic E-state index is 0.551. The largest absolute Gasteiger partial charge is 0.472 e. The smallest absolute Gasteiger partial charge is 0.231 e. The van der Waals surface area contributed by atoms with Crippen molar-refractivity contribution in [3.8, 4) is 5.88 Å². The van der Waals surface area contributed by atoms with Crippen molar-refractivity contribution in [3.05, 3.63) is 47.9 Å². The molecule has 0 spiro atoms. The van der Waals surface area contributed by atoms with Crippen LogP contribution in [0.15, 0.2) is 41.6 Å². The molecule has 1 aliphatic rings. The minimum atomic E-state index is 0.551. The summed E-state index contributed by atoms with van der Waals surface area (Å²) < 4.78 is 5.86. The van der Waals surface area contributed by atoms with Gasteiger partial charge in [0, 0.05) is 5.92 Å². The fourth-order valence-corrected chi connectivity index (χ4v) is 2.75. The maximum atomic E-state index is 5.86. The fourth-order valence-electron chi connectivity index (χ4n) is 2.04. The van der Waals surface area contributed by atoms with E-state index >= 15 is 0 Å². The predicted molar refractivity (Wildman–Crippen MR) is 76.6 cm³/mol. The van der Waals surface area contributed by atoms with Crippen LogP contribution in [0.3, 0.4) is 0 Å². The van der Waals surface area contributed by atoms with Crippen molar-refractivity contribution in [1.82, 2.24) is 9.97 Å². The Kier molecular flexibility index (Phi) is 3.69. The molecule has 0 radical (unpaired) electrons. The molecule has 3 rings (SSSR count). The van der Waals surface area contributed by atoms with Crippen LogP contribution in [0.1, 0.15) is 30.0 Å². The molecule has 1 heterocycles. The van der Waals surface area contributed by atoms with Crippen LogP contribution < -0.4 is 4.74 Å². The van der Waals surface area contributed by atoms with Gasteiger partial charge in [-0.2, -0.15) is 0 Å². The summed E-state index contributed by atoms with van der Waals surface area (Å²) in [6, 6.07) is 10.2. The highest BCUT2D eigenvalue weighted by molar-refractivity contribution is 7.98. The van der Waals surface area contributed by atoms with E-state index in [4.69, 9.17) is 4.74 Å². The molecule has 4 heteroatoms. The number of hydrogen-bond donors (Lipinski definition) is 0. The van der Waals surface area contributed by atoms with Crippen molar-refractivity contribution in [1.29, 1.82) is 0 Å². The molecule has 1 fully saturated rings. The van der Waals surface area contributed by atoms with Gasteiger partial charge in [-0.15, -0.1) is 11.8 Å². The Bertz CT molecular complexity index is 555. The van der Waals surface area contributed by atoms with Crippen molar-refractivity contribution in [2.24, 2.45) is 0 Å². The van der Waals surface area contributed by atoms with Gasteiger partial charge < -0.3 is 4.74 Å². The molecular formula is C15H16N2OS. The molecule has 0 unspecified atom stereocenters.